The van der Waals surface area contributed by atoms with Gasteiger partial charge >= 0.3 is 0 Å². The molecule has 0 aliphatic heterocycles. The summed E-state index contributed by atoms with van der Waals surface area (Å²) < 4.78 is 0. The van der Waals surface area contributed by atoms with Crippen LogP contribution in [0.25, 0.3) is 223 Å². The van der Waals surface area contributed by atoms with Crippen molar-refractivity contribution in [3.05, 3.63) is 422 Å². The molecule has 0 saturated heterocycles. The summed E-state index contributed by atoms with van der Waals surface area (Å²) in [7, 11) is 0. The number of aromatic nitrogens is 6. The van der Waals surface area contributed by atoms with Gasteiger partial charge in [0.05, 0.1) is 23.3 Å². The summed E-state index contributed by atoms with van der Waals surface area (Å²) in [4.78, 5) is 30.7. The molecule has 18 aromatic carbocycles. The third kappa shape index (κ3) is 12.4. The predicted octanol–water partition coefficient (Wildman–Crippen LogP) is 29.7. The number of hydrogen-bond acceptors (Lipinski definition) is 8. The Morgan fingerprint density at radius 1 is 0.167 bits per heavy atom. The Bertz CT molecular complexity index is 7920. The third-order valence-corrected chi connectivity index (χ3v) is 26.3. The molecule has 588 valence electrons. The van der Waals surface area contributed by atoms with Crippen LogP contribution in [0.4, 0.5) is 0 Å². The Balaban J connectivity index is 0.000000148. The van der Waals surface area contributed by atoms with E-state index in [1.807, 2.05) is 84.9 Å². The van der Waals surface area contributed by atoms with Crippen LogP contribution in [-0.2, 0) is 10.8 Å². The first kappa shape index (κ1) is 74.5. The highest BCUT2D eigenvalue weighted by Crippen LogP contribution is 2.56. The lowest BCUT2D eigenvalue weighted by atomic mass is 9.82. The highest BCUT2D eigenvalue weighted by molar-refractivity contribution is 6.24. The molecule has 0 spiro atoms. The SMILES string of the molecule is CC1(C)c2ccccc2-c2ccc(-c3nc(-c4ccccc4)nc(-c4ccc(-c5ccc6c7c(ccc(-c8ccc(-c9cccc(-c%10ccc(C#N)cc%10)c9)cc8)c57)-c5ccccc5-6)cc4)n3)cc21.CC1(C)c2ccccc2-c2ccc(-c3nc(-c4ccccc4)nc(-c4ccc(-c5ccc6c7c(ccc(-c8ccc(C#N)cc8)c57)-c5ccccc5-6)cc4)n3)cc21. The van der Waals surface area contributed by atoms with Gasteiger partial charge in [0.25, 0.3) is 0 Å². The second kappa shape index (κ2) is 29.7. The topological polar surface area (TPSA) is 125 Å². The summed E-state index contributed by atoms with van der Waals surface area (Å²) in [6, 6.07) is 142. The lowest BCUT2D eigenvalue weighted by Gasteiger charge is -2.21. The van der Waals surface area contributed by atoms with E-state index in [2.05, 4.69) is 343 Å². The molecular formula is C118H76N8. The second-order valence-electron chi connectivity index (χ2n) is 34.1. The molecular weight excluding hydrogens is 1530 g/mol. The molecule has 0 fully saturated rings. The molecule has 0 atom stereocenters. The van der Waals surface area contributed by atoms with Gasteiger partial charge in [-0.15, -0.1) is 0 Å². The molecule has 8 nitrogen and oxygen atoms in total. The van der Waals surface area contributed by atoms with E-state index >= 15 is 0 Å². The second-order valence-corrected chi connectivity index (χ2v) is 34.1. The van der Waals surface area contributed by atoms with Crippen LogP contribution in [-0.4, -0.2) is 29.9 Å². The van der Waals surface area contributed by atoms with Crippen LogP contribution in [0.5, 0.6) is 0 Å². The predicted molar refractivity (Wildman–Crippen MR) is 513 cm³/mol. The lowest BCUT2D eigenvalue weighted by Crippen LogP contribution is -2.15. The fraction of sp³-hybridized carbons (Fsp3) is 0.0508. The lowest BCUT2D eigenvalue weighted by molar-refractivity contribution is 0.660. The zero-order chi connectivity index (χ0) is 84.5. The molecule has 24 rings (SSSR count). The van der Waals surface area contributed by atoms with Crippen molar-refractivity contribution < 1.29 is 0 Å². The standard InChI is InChI=1S/C65H42N4.C53H34N4/c1-65(2)58-18-9-8-17-54(58)55-32-31-49(38-59(55)65)64-68-62(45-11-4-3-5-12-45)67-63(69-64)46-29-27-44(28-30-46)51-34-36-57-53-16-7-6-15-52(53)56-35-33-50(60(51)61(56)57)43-25-23-42(24-26-43)48-14-10-13-47(37-48)41-21-19-40(39-66)20-22-41;1-53(2)46-15-9-8-14-42(46)43-25-24-37(30-47(43)53)52-56-50(35-10-4-3-5-11-35)55-51(57-52)36-22-20-34(21-23-36)39-27-29-45-41-13-7-6-12-40(41)44-28-26-38(48(39)49(44)45)33-18-16-32(31-54)17-19-33/h3-38H,1-2H3;3-30H,1-2H3. The summed E-state index contributed by atoms with van der Waals surface area (Å²) in [5, 5.41) is 23.8. The number of benzene rings is 18. The Hall–Kier alpha value is -16.5. The van der Waals surface area contributed by atoms with E-state index in [0.717, 1.165) is 89.0 Å². The summed E-state index contributed by atoms with van der Waals surface area (Å²) >= 11 is 0. The first-order chi connectivity index (χ1) is 61.8. The third-order valence-electron chi connectivity index (χ3n) is 26.3. The van der Waals surface area contributed by atoms with Crippen molar-refractivity contribution in [1.82, 2.24) is 29.9 Å². The fourth-order valence-corrected chi connectivity index (χ4v) is 19.9. The highest BCUT2D eigenvalue weighted by atomic mass is 15.0. The van der Waals surface area contributed by atoms with Crippen molar-refractivity contribution in [3.63, 3.8) is 0 Å². The molecule has 0 N–H and O–H groups in total. The molecule has 4 aliphatic rings. The van der Waals surface area contributed by atoms with Gasteiger partial charge in [0.15, 0.2) is 34.9 Å². The maximum absolute atomic E-state index is 9.52. The summed E-state index contributed by atoms with van der Waals surface area (Å²) in [6.45, 7) is 9.20. The summed E-state index contributed by atoms with van der Waals surface area (Å²) in [5.74, 6) is 3.84. The molecule has 0 radical (unpaired) electrons. The van der Waals surface area contributed by atoms with Gasteiger partial charge in [0, 0.05) is 44.2 Å². The van der Waals surface area contributed by atoms with E-state index in [9.17, 15) is 10.5 Å². The molecule has 20 aromatic rings. The van der Waals surface area contributed by atoms with Gasteiger partial charge in [-0.05, 0) is 220 Å². The van der Waals surface area contributed by atoms with Crippen LogP contribution in [0, 0.1) is 22.7 Å². The van der Waals surface area contributed by atoms with E-state index in [-0.39, 0.29) is 10.8 Å². The molecule has 126 heavy (non-hydrogen) atoms. The first-order valence-corrected chi connectivity index (χ1v) is 42.8. The quantitative estimate of drug-likeness (QED) is 0.118. The monoisotopic (exact) mass is 1600 g/mol. The molecule has 8 heteroatoms. The van der Waals surface area contributed by atoms with Crippen molar-refractivity contribution in [2.45, 2.75) is 38.5 Å². The number of rotatable bonds is 12. The van der Waals surface area contributed by atoms with Crippen LogP contribution in [0.15, 0.2) is 388 Å². The number of fused-ring (bicyclic) bond motifs is 12. The van der Waals surface area contributed by atoms with E-state index in [1.54, 1.807) is 0 Å². The Labute approximate surface area is 731 Å². The van der Waals surface area contributed by atoms with Crippen molar-refractivity contribution in [2.75, 3.05) is 0 Å². The van der Waals surface area contributed by atoms with E-state index in [0.29, 0.717) is 46.1 Å². The van der Waals surface area contributed by atoms with Gasteiger partial charge in [-0.2, -0.15) is 10.5 Å². The zero-order valence-electron chi connectivity index (χ0n) is 69.5. The minimum absolute atomic E-state index is 0.138. The first-order valence-electron chi connectivity index (χ1n) is 42.8. The van der Waals surface area contributed by atoms with Crippen LogP contribution in [0.1, 0.15) is 61.1 Å². The Kier molecular flexibility index (Phi) is 17.6. The van der Waals surface area contributed by atoms with Crippen molar-refractivity contribution in [1.29, 1.82) is 10.5 Å². The molecule has 0 unspecified atom stereocenters. The molecule has 0 saturated carbocycles. The molecule has 2 aromatic heterocycles. The van der Waals surface area contributed by atoms with Gasteiger partial charge in [0.2, 0.25) is 0 Å². The van der Waals surface area contributed by atoms with Gasteiger partial charge in [-0.25, -0.2) is 29.9 Å². The minimum atomic E-state index is -0.147. The Morgan fingerprint density at radius 3 is 0.722 bits per heavy atom. The molecule has 2 heterocycles. The van der Waals surface area contributed by atoms with Crippen LogP contribution >= 0.6 is 0 Å². The van der Waals surface area contributed by atoms with Crippen molar-refractivity contribution in [3.8, 4) is 214 Å². The largest absolute Gasteiger partial charge is 0.208 e. The van der Waals surface area contributed by atoms with Crippen LogP contribution in [0.3, 0.4) is 0 Å². The van der Waals surface area contributed by atoms with Crippen LogP contribution in [0.2, 0.25) is 0 Å². The fourth-order valence-electron chi connectivity index (χ4n) is 19.9. The average molecular weight is 1610 g/mol. The van der Waals surface area contributed by atoms with Crippen LogP contribution < -0.4 is 0 Å². The highest BCUT2D eigenvalue weighted by Gasteiger charge is 2.38. The Morgan fingerprint density at radius 2 is 0.389 bits per heavy atom. The number of hydrogen-bond donors (Lipinski definition) is 0. The minimum Gasteiger partial charge on any atom is -0.208 e. The maximum atomic E-state index is 9.52. The number of nitrogens with zero attached hydrogens (tertiary/aromatic N) is 8. The average Bonchev–Trinajstić information content (AvgIpc) is 1.55. The zero-order valence-corrected chi connectivity index (χ0v) is 69.5. The summed E-state index contributed by atoms with van der Waals surface area (Å²) in [6.07, 6.45) is 0. The van der Waals surface area contributed by atoms with E-state index < -0.39 is 0 Å². The maximum Gasteiger partial charge on any atom is 0.164 e. The van der Waals surface area contributed by atoms with Crippen molar-refractivity contribution in [2.24, 2.45) is 0 Å². The van der Waals surface area contributed by atoms with Gasteiger partial charge in [-0.1, -0.05) is 373 Å². The van der Waals surface area contributed by atoms with Gasteiger partial charge in [0.1, 0.15) is 0 Å². The van der Waals surface area contributed by atoms with Crippen molar-refractivity contribution >= 4 is 21.5 Å². The van der Waals surface area contributed by atoms with Gasteiger partial charge in [-0.3, -0.25) is 0 Å². The number of nitriles is 2. The van der Waals surface area contributed by atoms with E-state index in [1.165, 1.54) is 122 Å². The molecule has 0 amide bonds. The van der Waals surface area contributed by atoms with E-state index in [4.69, 9.17) is 29.9 Å². The molecule has 0 bridgehead atoms. The van der Waals surface area contributed by atoms with Gasteiger partial charge < -0.3 is 0 Å². The molecule has 4 aliphatic carbocycles. The summed E-state index contributed by atoms with van der Waals surface area (Å²) in [5.41, 5.74) is 40.7. The normalized spacial score (nSPS) is 12.7. The smallest absolute Gasteiger partial charge is 0.164 e.